The Morgan fingerprint density at radius 3 is 2.28 bits per heavy atom. The van der Waals surface area contributed by atoms with E-state index in [1.807, 2.05) is 37.3 Å². The maximum atomic E-state index is 13.1. The molecule has 1 aromatic heterocycles. The van der Waals surface area contributed by atoms with E-state index in [4.69, 9.17) is 0 Å². The highest BCUT2D eigenvalue weighted by molar-refractivity contribution is 7.92. The van der Waals surface area contributed by atoms with Crippen LogP contribution in [-0.4, -0.2) is 30.3 Å². The smallest absolute Gasteiger partial charge is 0.267 e. The number of para-hydroxylation sites is 1. The number of hydrogen-bond donors (Lipinski definition) is 3. The molecule has 0 aliphatic carbocycles. The van der Waals surface area contributed by atoms with E-state index in [-0.39, 0.29) is 22.7 Å². The summed E-state index contributed by atoms with van der Waals surface area (Å²) in [5.74, 6) is 2.09. The van der Waals surface area contributed by atoms with Gasteiger partial charge in [-0.1, -0.05) is 55.2 Å². The lowest BCUT2D eigenvalue weighted by atomic mass is 9.87. The van der Waals surface area contributed by atoms with Crippen molar-refractivity contribution in [3.8, 4) is 0 Å². The number of aromatic amines is 1. The maximum absolute atomic E-state index is 13.1. The molecule has 0 radical (unpaired) electrons. The van der Waals surface area contributed by atoms with Crippen LogP contribution in [0.15, 0.2) is 75.9 Å². The molecular formula is C22H25ClN6O2S. The number of benzene rings is 2. The summed E-state index contributed by atoms with van der Waals surface area (Å²) in [4.78, 5) is 0.993. The number of sulfonamides is 1. The predicted molar refractivity (Wildman–Crippen MR) is 121 cm³/mol. The van der Waals surface area contributed by atoms with Crippen molar-refractivity contribution in [3.05, 3.63) is 71.9 Å². The number of quaternary nitrogens is 1. The molecule has 4 rings (SSSR count). The fourth-order valence-corrected chi connectivity index (χ4v) is 4.50. The summed E-state index contributed by atoms with van der Waals surface area (Å²) < 4.78 is 28.9. The summed E-state index contributed by atoms with van der Waals surface area (Å²) in [6, 6.07) is 16.0. The topological polar surface area (TPSA) is 104 Å². The van der Waals surface area contributed by atoms with Crippen molar-refractivity contribution in [2.45, 2.75) is 38.0 Å². The summed E-state index contributed by atoms with van der Waals surface area (Å²) >= 11 is 0. The summed E-state index contributed by atoms with van der Waals surface area (Å²) in [6.07, 6.45) is 1.65. The monoisotopic (exact) mass is 472 g/mol. The van der Waals surface area contributed by atoms with Crippen LogP contribution < -0.4 is 22.0 Å². The zero-order valence-corrected chi connectivity index (χ0v) is 19.8. The van der Waals surface area contributed by atoms with Gasteiger partial charge in [0.15, 0.2) is 0 Å². The van der Waals surface area contributed by atoms with Gasteiger partial charge in [-0.3, -0.25) is 4.72 Å². The van der Waals surface area contributed by atoms with Gasteiger partial charge in [0.2, 0.25) is 11.7 Å². The Bertz CT molecular complexity index is 1260. The molecule has 0 amide bonds. The number of rotatable bonds is 5. The minimum atomic E-state index is -3.78. The Morgan fingerprint density at radius 1 is 0.969 bits per heavy atom. The lowest BCUT2D eigenvalue weighted by Gasteiger charge is -2.19. The molecule has 0 saturated heterocycles. The number of hydrogen-bond acceptors (Lipinski definition) is 5. The van der Waals surface area contributed by atoms with Gasteiger partial charge in [-0.2, -0.15) is 10.00 Å². The molecule has 0 fully saturated rings. The van der Waals surface area contributed by atoms with Crippen molar-refractivity contribution in [2.75, 3.05) is 4.72 Å². The average Bonchev–Trinajstić information content (AvgIpc) is 3.37. The van der Waals surface area contributed by atoms with Gasteiger partial charge in [0, 0.05) is 13.0 Å². The van der Waals surface area contributed by atoms with Crippen LogP contribution in [0, 0.1) is 0 Å². The summed E-state index contributed by atoms with van der Waals surface area (Å²) in [6.45, 7) is 8.12. The Labute approximate surface area is 193 Å². The molecule has 2 heterocycles. The first-order chi connectivity index (χ1) is 14.7. The van der Waals surface area contributed by atoms with Gasteiger partial charge in [0.05, 0.1) is 22.3 Å². The van der Waals surface area contributed by atoms with E-state index in [0.29, 0.717) is 17.1 Å². The van der Waals surface area contributed by atoms with Crippen molar-refractivity contribution in [3.63, 3.8) is 0 Å². The standard InChI is InChI=1S/C22H24N6O2S.ClH/c1-15-24-26-21(28(15)20-13-14-23-25-20)18-7-5-6-8-19(18)27-31(29,30)17-11-9-16(10-12-17)22(2,3)4;/h5-14,27H,1-4H3,(H,23,25);1H. The SMILES string of the molecule is CC1=NN=C(c2ccccc2NS(=O)(=O)c2ccc(C(C)(C)C)cc2)[NH+]1c1ccn[nH]1.[Cl-]. The van der Waals surface area contributed by atoms with E-state index < -0.39 is 10.0 Å². The lowest BCUT2D eigenvalue weighted by Crippen LogP contribution is -3.11. The molecular weight excluding hydrogens is 448 g/mol. The van der Waals surface area contributed by atoms with E-state index in [1.54, 1.807) is 30.5 Å². The third-order valence-electron chi connectivity index (χ3n) is 5.13. The van der Waals surface area contributed by atoms with Gasteiger partial charge in [-0.25, -0.2) is 13.5 Å². The second-order valence-electron chi connectivity index (χ2n) is 8.40. The number of halogens is 1. The molecule has 1 atom stereocenters. The van der Waals surface area contributed by atoms with Crippen LogP contribution >= 0.6 is 0 Å². The summed E-state index contributed by atoms with van der Waals surface area (Å²) in [5, 5.41) is 15.5. The van der Waals surface area contributed by atoms with E-state index in [2.05, 4.69) is 45.9 Å². The van der Waals surface area contributed by atoms with Gasteiger partial charge in [-0.15, -0.1) is 0 Å². The van der Waals surface area contributed by atoms with Crippen molar-refractivity contribution in [2.24, 2.45) is 10.2 Å². The molecule has 0 bridgehead atoms. The maximum Gasteiger partial charge on any atom is 0.267 e. The van der Waals surface area contributed by atoms with Crippen molar-refractivity contribution < 1.29 is 25.7 Å². The normalized spacial score (nSPS) is 16.2. The average molecular weight is 473 g/mol. The van der Waals surface area contributed by atoms with Crippen molar-refractivity contribution in [1.29, 1.82) is 0 Å². The Balaban J connectivity index is 0.00000289. The molecule has 3 N–H and O–H groups in total. The largest absolute Gasteiger partial charge is 1.00 e. The van der Waals surface area contributed by atoms with E-state index in [0.717, 1.165) is 22.1 Å². The van der Waals surface area contributed by atoms with Gasteiger partial charge in [0.1, 0.15) is 0 Å². The van der Waals surface area contributed by atoms with Crippen LogP contribution in [0.25, 0.3) is 0 Å². The van der Waals surface area contributed by atoms with Gasteiger partial charge in [0.25, 0.3) is 15.9 Å². The zero-order chi connectivity index (χ0) is 22.2. The Morgan fingerprint density at radius 2 is 1.66 bits per heavy atom. The summed E-state index contributed by atoms with van der Waals surface area (Å²) in [5.41, 5.74) is 2.09. The lowest BCUT2D eigenvalue weighted by molar-refractivity contribution is -0.618. The van der Waals surface area contributed by atoms with Crippen molar-refractivity contribution >= 4 is 33.2 Å². The minimum absolute atomic E-state index is 0. The molecule has 168 valence electrons. The van der Waals surface area contributed by atoms with Crippen molar-refractivity contribution in [1.82, 2.24) is 10.2 Å². The van der Waals surface area contributed by atoms with Crippen LogP contribution in [0.1, 0.15) is 38.8 Å². The van der Waals surface area contributed by atoms with E-state index in [9.17, 15) is 8.42 Å². The van der Waals surface area contributed by atoms with Crippen LogP contribution in [-0.2, 0) is 15.4 Å². The number of anilines is 1. The first-order valence-electron chi connectivity index (χ1n) is 9.89. The van der Waals surface area contributed by atoms with Crippen LogP contribution in [0.3, 0.4) is 0 Å². The molecule has 0 saturated carbocycles. The molecule has 32 heavy (non-hydrogen) atoms. The molecule has 1 aliphatic rings. The van der Waals surface area contributed by atoms with Gasteiger partial charge >= 0.3 is 0 Å². The molecule has 8 nitrogen and oxygen atoms in total. The highest BCUT2D eigenvalue weighted by atomic mass is 35.5. The highest BCUT2D eigenvalue weighted by Crippen LogP contribution is 2.25. The number of amidine groups is 2. The highest BCUT2D eigenvalue weighted by Gasteiger charge is 2.33. The Hall–Kier alpha value is -3.01. The minimum Gasteiger partial charge on any atom is -1.00 e. The molecule has 1 unspecified atom stereocenters. The van der Waals surface area contributed by atoms with Gasteiger partial charge in [-0.05, 0) is 35.2 Å². The first-order valence-corrected chi connectivity index (χ1v) is 11.4. The molecule has 0 spiro atoms. The third-order valence-corrected chi connectivity index (χ3v) is 6.51. The molecule has 3 aromatic rings. The summed E-state index contributed by atoms with van der Waals surface area (Å²) in [7, 11) is -3.78. The first kappa shape index (κ1) is 23.6. The second-order valence-corrected chi connectivity index (χ2v) is 10.1. The fourth-order valence-electron chi connectivity index (χ4n) is 3.42. The zero-order valence-electron chi connectivity index (χ0n) is 18.2. The predicted octanol–water partition coefficient (Wildman–Crippen LogP) is -0.178. The Kier molecular flexibility index (Phi) is 6.54. The second kappa shape index (κ2) is 8.85. The number of H-pyrrole nitrogens is 1. The van der Waals surface area contributed by atoms with Crippen LogP contribution in [0.2, 0.25) is 0 Å². The van der Waals surface area contributed by atoms with Gasteiger partial charge < -0.3 is 12.4 Å². The number of nitrogens with zero attached hydrogens (tertiary/aromatic N) is 3. The van der Waals surface area contributed by atoms with Crippen LogP contribution in [0.4, 0.5) is 11.5 Å². The third kappa shape index (κ3) is 4.59. The molecule has 2 aromatic carbocycles. The molecule has 1 aliphatic heterocycles. The molecule has 10 heteroatoms. The number of nitrogens with one attached hydrogen (secondary N) is 3. The van der Waals surface area contributed by atoms with Crippen LogP contribution in [0.5, 0.6) is 0 Å². The number of aromatic nitrogens is 2. The fraction of sp³-hybridized carbons (Fsp3) is 0.227. The quantitative estimate of drug-likeness (QED) is 0.480. The van der Waals surface area contributed by atoms with E-state index in [1.165, 1.54) is 0 Å². The van der Waals surface area contributed by atoms with E-state index >= 15 is 0 Å².